The lowest BCUT2D eigenvalue weighted by molar-refractivity contribution is 0.0224. The number of carbonyl (C=O) groups is 3. The molecule has 0 radical (unpaired) electrons. The Bertz CT molecular complexity index is 1570. The Kier molecular flexibility index (Phi) is 4.86. The minimum Gasteiger partial charge on any atom is -0.497 e. The van der Waals surface area contributed by atoms with Crippen LogP contribution < -0.4 is 14.2 Å². The van der Waals surface area contributed by atoms with Crippen LogP contribution in [0.1, 0.15) is 47.8 Å². The van der Waals surface area contributed by atoms with Gasteiger partial charge in [0.15, 0.2) is 11.9 Å². The molecule has 2 heterocycles. The molecular weight excluding hydrogens is 460 g/mol. The van der Waals surface area contributed by atoms with Crippen molar-refractivity contribution in [3.63, 3.8) is 0 Å². The lowest BCUT2D eigenvalue weighted by Gasteiger charge is -2.36. The fourth-order valence-electron chi connectivity index (χ4n) is 4.77. The first-order valence-electron chi connectivity index (χ1n) is 11.2. The molecule has 0 saturated heterocycles. The molecule has 0 bridgehead atoms. The number of aldehydes is 1. The van der Waals surface area contributed by atoms with Gasteiger partial charge in [-0.25, -0.2) is 9.59 Å². The van der Waals surface area contributed by atoms with E-state index in [0.29, 0.717) is 45.8 Å². The van der Waals surface area contributed by atoms with Gasteiger partial charge in [0, 0.05) is 34.4 Å². The van der Waals surface area contributed by atoms with Crippen molar-refractivity contribution in [1.82, 2.24) is 0 Å². The standard InChI is InChI=1S/C29H18O7/c1-33-18-10-12-23-25(14-18)35-26-15-19(34-27(31)20-7-3-2-6-17(20)16-30)11-13-24(26)29(23)22-9-5-4-8-21(22)28(32)36-29/h2-16H,1H3. The lowest BCUT2D eigenvalue weighted by atomic mass is 9.77. The zero-order valence-electron chi connectivity index (χ0n) is 19.0. The number of benzene rings is 4. The van der Waals surface area contributed by atoms with E-state index in [1.807, 2.05) is 18.2 Å². The van der Waals surface area contributed by atoms with E-state index in [1.165, 1.54) is 6.07 Å². The van der Waals surface area contributed by atoms with E-state index >= 15 is 0 Å². The number of methoxy groups -OCH3 is 1. The highest BCUT2D eigenvalue weighted by Gasteiger charge is 2.53. The van der Waals surface area contributed by atoms with E-state index in [9.17, 15) is 14.4 Å². The molecule has 7 nitrogen and oxygen atoms in total. The molecule has 4 aromatic carbocycles. The number of carbonyl (C=O) groups excluding carboxylic acids is 3. The normalized spacial score (nSPS) is 16.8. The van der Waals surface area contributed by atoms with Gasteiger partial charge in [0.1, 0.15) is 23.0 Å². The Hall–Kier alpha value is -4.91. The smallest absolute Gasteiger partial charge is 0.344 e. The Morgan fingerprint density at radius 3 is 2.25 bits per heavy atom. The summed E-state index contributed by atoms with van der Waals surface area (Å²) in [6.45, 7) is 0. The van der Waals surface area contributed by atoms with Crippen LogP contribution in [0.15, 0.2) is 84.9 Å². The van der Waals surface area contributed by atoms with Gasteiger partial charge in [0.2, 0.25) is 0 Å². The molecule has 4 aromatic rings. The molecule has 0 fully saturated rings. The Morgan fingerprint density at radius 2 is 1.50 bits per heavy atom. The van der Waals surface area contributed by atoms with Gasteiger partial charge in [0.25, 0.3) is 0 Å². The van der Waals surface area contributed by atoms with Crippen molar-refractivity contribution in [2.45, 2.75) is 5.60 Å². The first kappa shape index (κ1) is 21.6. The summed E-state index contributed by atoms with van der Waals surface area (Å²) in [6.07, 6.45) is 0.604. The zero-order chi connectivity index (χ0) is 24.9. The third kappa shape index (κ3) is 3.10. The van der Waals surface area contributed by atoms with Gasteiger partial charge in [-0.2, -0.15) is 0 Å². The Labute approximate surface area is 205 Å². The number of ether oxygens (including phenoxy) is 4. The maximum absolute atomic E-state index is 12.9. The molecular formula is C29H18O7. The fraction of sp³-hybridized carbons (Fsp3) is 0.0690. The van der Waals surface area contributed by atoms with Gasteiger partial charge < -0.3 is 18.9 Å². The van der Waals surface area contributed by atoms with Crippen LogP contribution in [0.4, 0.5) is 0 Å². The molecule has 2 aliphatic heterocycles. The monoisotopic (exact) mass is 478 g/mol. The van der Waals surface area contributed by atoms with Crippen LogP contribution in [0, 0.1) is 0 Å². The molecule has 0 N–H and O–H groups in total. The first-order valence-corrected chi connectivity index (χ1v) is 11.2. The van der Waals surface area contributed by atoms with E-state index in [0.717, 1.165) is 0 Å². The number of esters is 2. The predicted octanol–water partition coefficient (Wildman–Crippen LogP) is 5.29. The third-order valence-corrected chi connectivity index (χ3v) is 6.41. The number of hydrogen-bond acceptors (Lipinski definition) is 7. The number of fused-ring (bicyclic) bond motifs is 6. The molecule has 0 saturated carbocycles. The van der Waals surface area contributed by atoms with Gasteiger partial charge in [-0.1, -0.05) is 36.4 Å². The first-order chi connectivity index (χ1) is 17.5. The molecule has 0 aromatic heterocycles. The molecule has 2 aliphatic rings. The van der Waals surface area contributed by atoms with Crippen LogP contribution in [0.2, 0.25) is 0 Å². The SMILES string of the molecule is COc1ccc2c(c1)Oc1cc(OC(=O)c3ccccc3C=O)ccc1C21OC(=O)c2ccccc21. The highest BCUT2D eigenvalue weighted by Crippen LogP contribution is 2.57. The van der Waals surface area contributed by atoms with Crippen molar-refractivity contribution in [2.24, 2.45) is 0 Å². The third-order valence-electron chi connectivity index (χ3n) is 6.41. The summed E-state index contributed by atoms with van der Waals surface area (Å²) in [5.74, 6) is 0.455. The summed E-state index contributed by atoms with van der Waals surface area (Å²) in [5.41, 5.74) is 1.53. The van der Waals surface area contributed by atoms with E-state index in [2.05, 4.69) is 0 Å². The van der Waals surface area contributed by atoms with Gasteiger partial charge in [-0.15, -0.1) is 0 Å². The largest absolute Gasteiger partial charge is 0.497 e. The summed E-state index contributed by atoms with van der Waals surface area (Å²) in [5, 5.41) is 0. The predicted molar refractivity (Wildman–Crippen MR) is 128 cm³/mol. The van der Waals surface area contributed by atoms with Gasteiger partial charge in [-0.3, -0.25) is 4.79 Å². The van der Waals surface area contributed by atoms with Crippen LogP contribution in [-0.2, 0) is 10.3 Å². The molecule has 1 unspecified atom stereocenters. The summed E-state index contributed by atoms with van der Waals surface area (Å²) >= 11 is 0. The topological polar surface area (TPSA) is 88.1 Å². The van der Waals surface area contributed by atoms with E-state index in [1.54, 1.807) is 67.8 Å². The average molecular weight is 478 g/mol. The molecule has 0 aliphatic carbocycles. The van der Waals surface area contributed by atoms with Crippen LogP contribution in [-0.4, -0.2) is 25.3 Å². The maximum Gasteiger partial charge on any atom is 0.344 e. The summed E-state index contributed by atoms with van der Waals surface area (Å²) in [4.78, 5) is 37.1. The second kappa shape index (κ2) is 8.09. The molecule has 7 heteroatoms. The van der Waals surface area contributed by atoms with Crippen LogP contribution in [0.25, 0.3) is 0 Å². The van der Waals surface area contributed by atoms with E-state index in [4.69, 9.17) is 18.9 Å². The number of rotatable bonds is 4. The molecule has 0 amide bonds. The minimum absolute atomic E-state index is 0.149. The van der Waals surface area contributed by atoms with Crippen molar-refractivity contribution >= 4 is 18.2 Å². The van der Waals surface area contributed by atoms with Crippen molar-refractivity contribution < 1.29 is 33.3 Å². The Morgan fingerprint density at radius 1 is 0.833 bits per heavy atom. The second-order valence-electron chi connectivity index (χ2n) is 8.33. The highest BCUT2D eigenvalue weighted by molar-refractivity contribution is 5.99. The summed E-state index contributed by atoms with van der Waals surface area (Å²) < 4.78 is 23.3. The van der Waals surface area contributed by atoms with Crippen LogP contribution >= 0.6 is 0 Å². The fourth-order valence-corrected chi connectivity index (χ4v) is 4.77. The maximum atomic E-state index is 12.9. The van der Waals surface area contributed by atoms with Crippen molar-refractivity contribution in [3.8, 4) is 23.0 Å². The van der Waals surface area contributed by atoms with Crippen molar-refractivity contribution in [2.75, 3.05) is 7.11 Å². The molecule has 176 valence electrons. The molecule has 6 rings (SSSR count). The number of hydrogen-bond donors (Lipinski definition) is 0. The molecule has 36 heavy (non-hydrogen) atoms. The minimum atomic E-state index is -1.24. The summed E-state index contributed by atoms with van der Waals surface area (Å²) in [7, 11) is 1.55. The van der Waals surface area contributed by atoms with Crippen molar-refractivity contribution in [3.05, 3.63) is 118 Å². The second-order valence-corrected chi connectivity index (χ2v) is 8.33. The van der Waals surface area contributed by atoms with Gasteiger partial charge in [0.05, 0.1) is 18.2 Å². The highest BCUT2D eigenvalue weighted by atomic mass is 16.6. The quantitative estimate of drug-likeness (QED) is 0.224. The average Bonchev–Trinajstić information content (AvgIpc) is 3.21. The van der Waals surface area contributed by atoms with Crippen LogP contribution in [0.3, 0.4) is 0 Å². The lowest BCUT2D eigenvalue weighted by Crippen LogP contribution is -2.33. The molecule has 1 atom stereocenters. The Balaban J connectivity index is 1.48. The van der Waals surface area contributed by atoms with Gasteiger partial charge >= 0.3 is 11.9 Å². The zero-order valence-corrected chi connectivity index (χ0v) is 19.0. The van der Waals surface area contributed by atoms with Gasteiger partial charge in [-0.05, 0) is 36.4 Å². The summed E-state index contributed by atoms with van der Waals surface area (Å²) in [6, 6.07) is 23.8. The van der Waals surface area contributed by atoms with E-state index < -0.39 is 17.5 Å². The van der Waals surface area contributed by atoms with E-state index in [-0.39, 0.29) is 16.9 Å². The molecule has 1 spiro atoms. The van der Waals surface area contributed by atoms with Crippen molar-refractivity contribution in [1.29, 1.82) is 0 Å². The van der Waals surface area contributed by atoms with Crippen LogP contribution in [0.5, 0.6) is 23.0 Å².